The molecule has 0 bridgehead atoms. The van der Waals surface area contributed by atoms with E-state index < -0.39 is 5.54 Å². The Morgan fingerprint density at radius 3 is 2.69 bits per heavy atom. The lowest BCUT2D eigenvalue weighted by atomic mass is 9.89. The molecule has 3 rings (SSSR count). The Bertz CT molecular complexity index is 874. The first-order valence-corrected chi connectivity index (χ1v) is 9.03. The van der Waals surface area contributed by atoms with Crippen molar-refractivity contribution in [1.82, 2.24) is 0 Å². The van der Waals surface area contributed by atoms with E-state index in [0.29, 0.717) is 17.3 Å². The fourth-order valence-electron chi connectivity index (χ4n) is 3.38. The minimum Gasteiger partial charge on any atom is -0.494 e. The predicted molar refractivity (Wildman–Crippen MR) is 108 cm³/mol. The number of ether oxygens (including phenoxy) is 1. The third-order valence-corrected chi connectivity index (χ3v) is 4.60. The van der Waals surface area contributed by atoms with E-state index in [2.05, 4.69) is 18.3 Å². The van der Waals surface area contributed by atoms with Gasteiger partial charge in [0, 0.05) is 16.3 Å². The van der Waals surface area contributed by atoms with E-state index in [1.54, 1.807) is 17.0 Å². The fraction of sp³-hybridized carbons (Fsp3) is 0.286. The summed E-state index contributed by atoms with van der Waals surface area (Å²) in [5, 5.41) is 3.53. The van der Waals surface area contributed by atoms with Gasteiger partial charge >= 0.3 is 6.03 Å². The molecule has 0 radical (unpaired) electrons. The van der Waals surface area contributed by atoms with Crippen molar-refractivity contribution >= 4 is 34.6 Å². The van der Waals surface area contributed by atoms with E-state index in [0.717, 1.165) is 22.6 Å². The number of rotatable bonds is 3. The van der Waals surface area contributed by atoms with Crippen molar-refractivity contribution in [1.29, 1.82) is 0 Å². The number of nitrogens with one attached hydrogen (secondary N) is 1. The smallest absolute Gasteiger partial charge is 0.327 e. The number of urea groups is 1. The lowest BCUT2D eigenvalue weighted by molar-refractivity contribution is 0.253. The van der Waals surface area contributed by atoms with Crippen LogP contribution in [0.3, 0.4) is 0 Å². The summed E-state index contributed by atoms with van der Waals surface area (Å²) in [5.74, 6) is 0.800. The second kappa shape index (κ2) is 7.04. The Kier molecular flexibility index (Phi) is 4.97. The summed E-state index contributed by atoms with van der Waals surface area (Å²) in [6.07, 6.45) is 2.10. The van der Waals surface area contributed by atoms with Crippen LogP contribution in [0.4, 0.5) is 16.2 Å². The van der Waals surface area contributed by atoms with Gasteiger partial charge in [0.1, 0.15) is 5.75 Å². The van der Waals surface area contributed by atoms with Crippen molar-refractivity contribution in [2.45, 2.75) is 33.2 Å². The van der Waals surface area contributed by atoms with Gasteiger partial charge in [-0.1, -0.05) is 23.7 Å². The van der Waals surface area contributed by atoms with Crippen molar-refractivity contribution in [3.05, 3.63) is 59.1 Å². The molecule has 0 unspecified atom stereocenters. The van der Waals surface area contributed by atoms with Crippen LogP contribution >= 0.6 is 11.6 Å². The highest BCUT2D eigenvalue weighted by molar-refractivity contribution is 6.31. The van der Waals surface area contributed by atoms with Crippen molar-refractivity contribution in [3.8, 4) is 5.75 Å². The molecule has 1 aliphatic heterocycles. The molecule has 136 valence electrons. The predicted octanol–water partition coefficient (Wildman–Crippen LogP) is 5.97. The lowest BCUT2D eigenvalue weighted by Gasteiger charge is -2.41. The summed E-state index contributed by atoms with van der Waals surface area (Å²) in [5.41, 5.74) is 3.18. The molecule has 0 saturated heterocycles. The number of benzene rings is 2. The topological polar surface area (TPSA) is 41.6 Å². The molecule has 1 heterocycles. The van der Waals surface area contributed by atoms with Crippen LogP contribution in [-0.2, 0) is 0 Å². The Morgan fingerprint density at radius 1 is 1.23 bits per heavy atom. The van der Waals surface area contributed by atoms with Gasteiger partial charge in [0.05, 0.1) is 17.8 Å². The molecule has 2 amide bonds. The molecule has 26 heavy (non-hydrogen) atoms. The molecule has 0 fully saturated rings. The van der Waals surface area contributed by atoms with Crippen LogP contribution in [0.15, 0.2) is 48.5 Å². The summed E-state index contributed by atoms with van der Waals surface area (Å²) >= 11 is 6.03. The SMILES string of the molecule is CCOc1ccc2c(c1)C(C)=CC(C)(C)N2C(=O)Nc1cccc(Cl)c1. The Balaban J connectivity index is 1.99. The van der Waals surface area contributed by atoms with Crippen molar-refractivity contribution in [2.24, 2.45) is 0 Å². The highest BCUT2D eigenvalue weighted by Gasteiger charge is 2.36. The number of hydrogen-bond acceptors (Lipinski definition) is 2. The minimum absolute atomic E-state index is 0.202. The number of carbonyl (C=O) groups excluding carboxylic acids is 1. The number of fused-ring (bicyclic) bond motifs is 1. The van der Waals surface area contributed by atoms with Gasteiger partial charge in [-0.2, -0.15) is 0 Å². The van der Waals surface area contributed by atoms with Gasteiger partial charge in [-0.05, 0) is 69.7 Å². The Morgan fingerprint density at radius 2 is 2.00 bits per heavy atom. The van der Waals surface area contributed by atoms with Crippen LogP contribution in [0.2, 0.25) is 5.02 Å². The van der Waals surface area contributed by atoms with E-state index >= 15 is 0 Å². The molecule has 0 aromatic heterocycles. The quantitative estimate of drug-likeness (QED) is 0.722. The molecule has 0 aliphatic carbocycles. The van der Waals surface area contributed by atoms with Crippen LogP contribution in [0.25, 0.3) is 5.57 Å². The van der Waals surface area contributed by atoms with Gasteiger partial charge in [0.15, 0.2) is 0 Å². The van der Waals surface area contributed by atoms with E-state index in [1.165, 1.54) is 0 Å². The largest absolute Gasteiger partial charge is 0.494 e. The molecular weight excluding hydrogens is 348 g/mol. The van der Waals surface area contributed by atoms with E-state index in [4.69, 9.17) is 16.3 Å². The maximum atomic E-state index is 13.1. The molecule has 1 N–H and O–H groups in total. The normalized spacial score (nSPS) is 15.1. The van der Waals surface area contributed by atoms with E-state index in [9.17, 15) is 4.79 Å². The lowest BCUT2D eigenvalue weighted by Crippen LogP contribution is -2.50. The number of anilines is 2. The number of nitrogens with zero attached hydrogens (tertiary/aromatic N) is 1. The first-order valence-electron chi connectivity index (χ1n) is 8.65. The molecule has 0 spiro atoms. The number of carbonyl (C=O) groups is 1. The maximum Gasteiger partial charge on any atom is 0.327 e. The zero-order valence-corrected chi connectivity index (χ0v) is 16.2. The average molecular weight is 371 g/mol. The molecular formula is C21H23ClN2O2. The molecule has 2 aromatic carbocycles. The van der Waals surface area contributed by atoms with E-state index in [-0.39, 0.29) is 6.03 Å². The summed E-state index contributed by atoms with van der Waals surface area (Å²) in [7, 11) is 0. The van der Waals surface area contributed by atoms with Gasteiger partial charge in [-0.25, -0.2) is 4.79 Å². The standard InChI is InChI=1S/C21H23ClN2O2/c1-5-26-17-9-10-19-18(12-17)14(2)13-21(3,4)24(19)20(25)23-16-8-6-7-15(22)11-16/h6-13H,5H2,1-4H3,(H,23,25). The summed E-state index contributed by atoms with van der Waals surface area (Å²) in [6.45, 7) is 8.66. The third kappa shape index (κ3) is 3.56. The molecule has 4 nitrogen and oxygen atoms in total. The molecule has 1 aliphatic rings. The van der Waals surface area contributed by atoms with Crippen molar-refractivity contribution in [2.75, 3.05) is 16.8 Å². The summed E-state index contributed by atoms with van der Waals surface area (Å²) in [6, 6.07) is 12.8. The minimum atomic E-state index is -0.465. The van der Waals surface area contributed by atoms with Crippen LogP contribution in [0, 0.1) is 0 Å². The van der Waals surface area contributed by atoms with Crippen LogP contribution in [0.1, 0.15) is 33.3 Å². The number of hydrogen-bond donors (Lipinski definition) is 1. The monoisotopic (exact) mass is 370 g/mol. The zero-order valence-electron chi connectivity index (χ0n) is 15.5. The van der Waals surface area contributed by atoms with Crippen LogP contribution in [-0.4, -0.2) is 18.2 Å². The number of amides is 2. The van der Waals surface area contributed by atoms with Gasteiger partial charge in [-0.3, -0.25) is 4.90 Å². The highest BCUT2D eigenvalue weighted by atomic mass is 35.5. The van der Waals surface area contributed by atoms with Gasteiger partial charge in [-0.15, -0.1) is 0 Å². The van der Waals surface area contributed by atoms with Crippen LogP contribution < -0.4 is 15.0 Å². The number of halogens is 1. The molecule has 0 atom stereocenters. The second-order valence-electron chi connectivity index (χ2n) is 6.87. The Labute approximate surface area is 159 Å². The maximum absolute atomic E-state index is 13.1. The van der Waals surface area contributed by atoms with Gasteiger partial charge < -0.3 is 10.1 Å². The summed E-state index contributed by atoms with van der Waals surface area (Å²) < 4.78 is 5.62. The number of allylic oxidation sites excluding steroid dienone is 1. The zero-order chi connectivity index (χ0) is 18.9. The molecule has 2 aromatic rings. The Hall–Kier alpha value is -2.46. The average Bonchev–Trinajstić information content (AvgIpc) is 2.55. The van der Waals surface area contributed by atoms with E-state index in [1.807, 2.05) is 51.1 Å². The van der Waals surface area contributed by atoms with Crippen LogP contribution in [0.5, 0.6) is 5.75 Å². The first kappa shape index (κ1) is 18.3. The first-order chi connectivity index (χ1) is 12.3. The van der Waals surface area contributed by atoms with Gasteiger partial charge in [0.25, 0.3) is 0 Å². The third-order valence-electron chi connectivity index (χ3n) is 4.37. The molecule has 5 heteroatoms. The second-order valence-corrected chi connectivity index (χ2v) is 7.31. The highest BCUT2D eigenvalue weighted by Crippen LogP contribution is 2.40. The molecule has 0 saturated carbocycles. The fourth-order valence-corrected chi connectivity index (χ4v) is 3.57. The van der Waals surface area contributed by atoms with Crippen molar-refractivity contribution in [3.63, 3.8) is 0 Å². The van der Waals surface area contributed by atoms with Gasteiger partial charge in [0.2, 0.25) is 0 Å². The summed E-state index contributed by atoms with van der Waals surface area (Å²) in [4.78, 5) is 14.9. The van der Waals surface area contributed by atoms with Crippen molar-refractivity contribution < 1.29 is 9.53 Å².